The van der Waals surface area contributed by atoms with E-state index in [2.05, 4.69) is 18.8 Å². The molecule has 0 aromatic carbocycles. The van der Waals surface area contributed by atoms with Crippen molar-refractivity contribution in [2.45, 2.75) is 33.7 Å². The molecule has 0 aliphatic rings. The predicted molar refractivity (Wildman–Crippen MR) is 61.8 cm³/mol. The molecule has 1 aromatic rings. The summed E-state index contributed by atoms with van der Waals surface area (Å²) in [5.74, 6) is 1.48. The number of nitrogens with zero attached hydrogens (tertiary/aromatic N) is 1. The first-order valence-corrected chi connectivity index (χ1v) is 5.43. The van der Waals surface area contributed by atoms with E-state index in [1.807, 2.05) is 19.1 Å². The van der Waals surface area contributed by atoms with Gasteiger partial charge in [-0.15, -0.1) is 0 Å². The first-order chi connectivity index (χ1) is 7.13. The molecule has 0 saturated carbocycles. The van der Waals surface area contributed by atoms with Crippen molar-refractivity contribution < 1.29 is 4.74 Å². The van der Waals surface area contributed by atoms with Crippen LogP contribution in [-0.4, -0.2) is 11.6 Å². The van der Waals surface area contributed by atoms with Crippen LogP contribution in [0.3, 0.4) is 0 Å². The Morgan fingerprint density at radius 1 is 1.40 bits per heavy atom. The Morgan fingerprint density at radius 3 is 2.73 bits per heavy atom. The highest BCUT2D eigenvalue weighted by atomic mass is 16.5. The topological polar surface area (TPSA) is 48.1 Å². The van der Waals surface area contributed by atoms with E-state index in [-0.39, 0.29) is 0 Å². The molecule has 0 radical (unpaired) electrons. The van der Waals surface area contributed by atoms with E-state index in [1.54, 1.807) is 0 Å². The molecule has 3 nitrogen and oxygen atoms in total. The number of rotatable bonds is 5. The van der Waals surface area contributed by atoms with E-state index in [9.17, 15) is 0 Å². The molecular formula is C12H20N2O. The van der Waals surface area contributed by atoms with Crippen molar-refractivity contribution in [2.75, 3.05) is 6.61 Å². The van der Waals surface area contributed by atoms with Crippen LogP contribution in [0.1, 0.15) is 31.7 Å². The van der Waals surface area contributed by atoms with Crippen LogP contribution in [0.15, 0.2) is 12.1 Å². The minimum atomic E-state index is 0.429. The number of hydrogen-bond donors (Lipinski definition) is 1. The number of pyridine rings is 1. The normalized spacial score (nSPS) is 10.7. The lowest BCUT2D eigenvalue weighted by molar-refractivity contribution is 0.285. The molecule has 0 bridgehead atoms. The quantitative estimate of drug-likeness (QED) is 0.807. The number of aryl methyl sites for hydroxylation is 1. The lowest BCUT2D eigenvalue weighted by Crippen LogP contribution is -2.07. The number of nitrogens with two attached hydrogens (primary N) is 1. The second-order valence-electron chi connectivity index (χ2n) is 4.13. The standard InChI is InChI=1S/C12H20N2O/c1-9(2)6-7-15-12-5-4-10(3)14-11(12)8-13/h4-5,9H,6-8,13H2,1-3H3. The average Bonchev–Trinajstić information content (AvgIpc) is 2.19. The van der Waals surface area contributed by atoms with Crippen molar-refractivity contribution >= 4 is 0 Å². The summed E-state index contributed by atoms with van der Waals surface area (Å²) < 4.78 is 5.65. The van der Waals surface area contributed by atoms with Crippen molar-refractivity contribution in [3.05, 3.63) is 23.5 Å². The van der Waals surface area contributed by atoms with Crippen molar-refractivity contribution in [1.29, 1.82) is 0 Å². The van der Waals surface area contributed by atoms with Crippen LogP contribution < -0.4 is 10.5 Å². The van der Waals surface area contributed by atoms with Gasteiger partial charge in [0.2, 0.25) is 0 Å². The summed E-state index contributed by atoms with van der Waals surface area (Å²) >= 11 is 0. The molecule has 0 aliphatic carbocycles. The van der Waals surface area contributed by atoms with Crippen LogP contribution in [0.4, 0.5) is 0 Å². The molecule has 0 atom stereocenters. The minimum absolute atomic E-state index is 0.429. The highest BCUT2D eigenvalue weighted by Gasteiger charge is 2.04. The molecule has 0 spiro atoms. The van der Waals surface area contributed by atoms with Gasteiger partial charge in [0.15, 0.2) is 0 Å². The zero-order valence-corrected chi connectivity index (χ0v) is 9.79. The van der Waals surface area contributed by atoms with E-state index in [0.29, 0.717) is 12.5 Å². The number of ether oxygens (including phenoxy) is 1. The molecule has 1 heterocycles. The third-order valence-electron chi connectivity index (χ3n) is 2.22. The van der Waals surface area contributed by atoms with Gasteiger partial charge in [-0.2, -0.15) is 0 Å². The second-order valence-corrected chi connectivity index (χ2v) is 4.13. The largest absolute Gasteiger partial charge is 0.492 e. The zero-order chi connectivity index (χ0) is 11.3. The van der Waals surface area contributed by atoms with E-state index in [0.717, 1.165) is 30.2 Å². The van der Waals surface area contributed by atoms with Crippen LogP contribution in [0, 0.1) is 12.8 Å². The first-order valence-electron chi connectivity index (χ1n) is 5.43. The second kappa shape index (κ2) is 5.71. The molecule has 0 amide bonds. The van der Waals surface area contributed by atoms with Crippen molar-refractivity contribution in [1.82, 2.24) is 4.98 Å². The van der Waals surface area contributed by atoms with Crippen LogP contribution in [0.25, 0.3) is 0 Å². The lowest BCUT2D eigenvalue weighted by atomic mass is 10.1. The van der Waals surface area contributed by atoms with E-state index >= 15 is 0 Å². The SMILES string of the molecule is Cc1ccc(OCCC(C)C)c(CN)n1. The molecule has 0 saturated heterocycles. The average molecular weight is 208 g/mol. The van der Waals surface area contributed by atoms with Crippen LogP contribution in [0.5, 0.6) is 5.75 Å². The molecule has 15 heavy (non-hydrogen) atoms. The summed E-state index contributed by atoms with van der Waals surface area (Å²) in [5.41, 5.74) is 7.43. The van der Waals surface area contributed by atoms with Gasteiger partial charge in [0, 0.05) is 12.2 Å². The molecule has 1 rings (SSSR count). The van der Waals surface area contributed by atoms with Gasteiger partial charge in [-0.05, 0) is 31.4 Å². The van der Waals surface area contributed by atoms with Gasteiger partial charge in [-0.25, -0.2) is 0 Å². The highest BCUT2D eigenvalue weighted by Crippen LogP contribution is 2.17. The van der Waals surface area contributed by atoms with E-state index in [1.165, 1.54) is 0 Å². The van der Waals surface area contributed by atoms with Gasteiger partial charge in [-0.1, -0.05) is 13.8 Å². The van der Waals surface area contributed by atoms with Crippen molar-refractivity contribution in [2.24, 2.45) is 11.7 Å². The zero-order valence-electron chi connectivity index (χ0n) is 9.79. The Morgan fingerprint density at radius 2 is 2.13 bits per heavy atom. The lowest BCUT2D eigenvalue weighted by Gasteiger charge is -2.11. The molecule has 1 aromatic heterocycles. The summed E-state index contributed by atoms with van der Waals surface area (Å²) in [6.45, 7) is 7.48. The van der Waals surface area contributed by atoms with Gasteiger partial charge >= 0.3 is 0 Å². The minimum Gasteiger partial charge on any atom is -0.492 e. The van der Waals surface area contributed by atoms with Gasteiger partial charge in [0.1, 0.15) is 5.75 Å². The maximum Gasteiger partial charge on any atom is 0.142 e. The molecule has 0 aliphatic heterocycles. The van der Waals surface area contributed by atoms with Crippen LogP contribution in [-0.2, 0) is 6.54 Å². The Bertz CT molecular complexity index is 310. The third-order valence-corrected chi connectivity index (χ3v) is 2.22. The fourth-order valence-corrected chi connectivity index (χ4v) is 1.28. The van der Waals surface area contributed by atoms with Crippen LogP contribution >= 0.6 is 0 Å². The molecule has 84 valence electrons. The van der Waals surface area contributed by atoms with Crippen LogP contribution in [0.2, 0.25) is 0 Å². The third kappa shape index (κ3) is 3.88. The van der Waals surface area contributed by atoms with E-state index in [4.69, 9.17) is 10.5 Å². The Labute approximate surface area is 91.7 Å². The fraction of sp³-hybridized carbons (Fsp3) is 0.583. The number of hydrogen-bond acceptors (Lipinski definition) is 3. The van der Waals surface area contributed by atoms with Gasteiger partial charge in [-0.3, -0.25) is 4.98 Å². The Hall–Kier alpha value is -1.09. The molecule has 0 unspecified atom stereocenters. The molecule has 0 fully saturated rings. The maximum absolute atomic E-state index is 5.65. The number of aromatic nitrogens is 1. The van der Waals surface area contributed by atoms with Gasteiger partial charge in [0.05, 0.1) is 12.3 Å². The molecule has 3 heteroatoms. The van der Waals surface area contributed by atoms with Crippen molar-refractivity contribution in [3.63, 3.8) is 0 Å². The smallest absolute Gasteiger partial charge is 0.142 e. The first kappa shape index (κ1) is 12.0. The summed E-state index contributed by atoms with van der Waals surface area (Å²) in [6.07, 6.45) is 1.05. The summed E-state index contributed by atoms with van der Waals surface area (Å²) in [6, 6.07) is 3.90. The summed E-state index contributed by atoms with van der Waals surface area (Å²) in [5, 5.41) is 0. The molecule has 2 N–H and O–H groups in total. The molecular weight excluding hydrogens is 188 g/mol. The predicted octanol–water partition coefficient (Wildman–Crippen LogP) is 2.27. The van der Waals surface area contributed by atoms with Crippen molar-refractivity contribution in [3.8, 4) is 5.75 Å². The summed E-state index contributed by atoms with van der Waals surface area (Å²) in [4.78, 5) is 4.34. The maximum atomic E-state index is 5.65. The Kier molecular flexibility index (Phi) is 4.56. The summed E-state index contributed by atoms with van der Waals surface area (Å²) in [7, 11) is 0. The van der Waals surface area contributed by atoms with Gasteiger partial charge < -0.3 is 10.5 Å². The highest BCUT2D eigenvalue weighted by molar-refractivity contribution is 5.29. The fourth-order valence-electron chi connectivity index (χ4n) is 1.28. The van der Waals surface area contributed by atoms with Gasteiger partial charge in [0.25, 0.3) is 0 Å². The Balaban J connectivity index is 2.60. The monoisotopic (exact) mass is 208 g/mol. The van der Waals surface area contributed by atoms with E-state index < -0.39 is 0 Å².